The fraction of sp³-hybridized carbons (Fsp3) is 0.565. The van der Waals surface area contributed by atoms with Gasteiger partial charge in [0.2, 0.25) is 5.95 Å². The maximum atomic E-state index is 13.1. The lowest BCUT2D eigenvalue weighted by atomic mass is 9.91. The van der Waals surface area contributed by atoms with Crippen LogP contribution >= 0.6 is 0 Å². The van der Waals surface area contributed by atoms with Crippen LogP contribution in [0.5, 0.6) is 0 Å². The van der Waals surface area contributed by atoms with E-state index in [0.29, 0.717) is 0 Å². The molecule has 2 fully saturated rings. The number of hydrogen-bond donors (Lipinski definition) is 0. The van der Waals surface area contributed by atoms with E-state index in [0.717, 1.165) is 76.2 Å². The van der Waals surface area contributed by atoms with Gasteiger partial charge < -0.3 is 4.90 Å². The quantitative estimate of drug-likeness (QED) is 0.796. The molecule has 0 radical (unpaired) electrons. The van der Waals surface area contributed by atoms with Gasteiger partial charge in [0.05, 0.1) is 5.69 Å². The lowest BCUT2D eigenvalue weighted by Gasteiger charge is -2.43. The number of rotatable bonds is 4. The summed E-state index contributed by atoms with van der Waals surface area (Å²) < 4.78 is 13.1. The zero-order chi connectivity index (χ0) is 19.6. The van der Waals surface area contributed by atoms with Crippen molar-refractivity contribution in [1.82, 2.24) is 19.8 Å². The molecule has 1 aliphatic carbocycles. The summed E-state index contributed by atoms with van der Waals surface area (Å²) in [7, 11) is 0. The van der Waals surface area contributed by atoms with Crippen LogP contribution in [0, 0.1) is 5.82 Å². The van der Waals surface area contributed by atoms with Gasteiger partial charge in [-0.05, 0) is 42.5 Å². The van der Waals surface area contributed by atoms with E-state index in [1.165, 1.54) is 30.5 Å². The molecule has 1 aromatic carbocycles. The van der Waals surface area contributed by atoms with Crippen LogP contribution in [0.4, 0.5) is 10.3 Å². The Balaban J connectivity index is 1.20. The Morgan fingerprint density at radius 2 is 1.69 bits per heavy atom. The second-order valence-corrected chi connectivity index (χ2v) is 8.65. The van der Waals surface area contributed by atoms with Gasteiger partial charge in [-0.1, -0.05) is 18.6 Å². The molecular weight excluding hydrogens is 365 g/mol. The van der Waals surface area contributed by atoms with Crippen molar-refractivity contribution in [3.05, 3.63) is 53.1 Å². The van der Waals surface area contributed by atoms with E-state index in [-0.39, 0.29) is 5.82 Å². The van der Waals surface area contributed by atoms with Gasteiger partial charge in [0.25, 0.3) is 0 Å². The molecule has 0 bridgehead atoms. The topological polar surface area (TPSA) is 35.5 Å². The van der Waals surface area contributed by atoms with Crippen molar-refractivity contribution in [3.63, 3.8) is 0 Å². The van der Waals surface area contributed by atoms with E-state index in [2.05, 4.69) is 20.9 Å². The highest BCUT2D eigenvalue weighted by atomic mass is 19.1. The van der Waals surface area contributed by atoms with Crippen LogP contribution in [0.3, 0.4) is 0 Å². The van der Waals surface area contributed by atoms with Crippen molar-refractivity contribution in [1.29, 1.82) is 0 Å². The number of fused-ring (bicyclic) bond motifs is 1. The Morgan fingerprint density at radius 3 is 2.41 bits per heavy atom. The number of benzene rings is 1. The Labute approximate surface area is 172 Å². The monoisotopic (exact) mass is 395 g/mol. The number of aromatic nitrogens is 2. The molecule has 1 saturated carbocycles. The first-order valence-electron chi connectivity index (χ1n) is 11.1. The molecule has 6 heteroatoms. The largest absolute Gasteiger partial charge is 0.338 e. The van der Waals surface area contributed by atoms with Gasteiger partial charge in [0.1, 0.15) is 5.82 Å². The molecule has 5 nitrogen and oxygen atoms in total. The van der Waals surface area contributed by atoms with Gasteiger partial charge in [-0.3, -0.25) is 9.80 Å². The molecule has 3 aliphatic rings. The number of halogens is 1. The van der Waals surface area contributed by atoms with Gasteiger partial charge in [0.15, 0.2) is 0 Å². The van der Waals surface area contributed by atoms with Crippen molar-refractivity contribution in [2.24, 2.45) is 0 Å². The second kappa shape index (κ2) is 8.36. The number of piperazine rings is 1. The first-order valence-corrected chi connectivity index (χ1v) is 11.1. The van der Waals surface area contributed by atoms with Crippen LogP contribution < -0.4 is 4.90 Å². The van der Waals surface area contributed by atoms with Crippen LogP contribution in [0.2, 0.25) is 0 Å². The second-order valence-electron chi connectivity index (χ2n) is 8.65. The lowest BCUT2D eigenvalue weighted by Crippen LogP contribution is -2.52. The van der Waals surface area contributed by atoms with Crippen LogP contribution in [0.15, 0.2) is 30.5 Å². The number of anilines is 1. The molecule has 0 amide bonds. The Hall–Kier alpha value is -2.05. The van der Waals surface area contributed by atoms with E-state index >= 15 is 0 Å². The summed E-state index contributed by atoms with van der Waals surface area (Å²) in [6.45, 7) is 7.17. The molecule has 0 atom stereocenters. The molecule has 3 heterocycles. The smallest absolute Gasteiger partial charge is 0.225 e. The first-order chi connectivity index (χ1) is 14.2. The Bertz CT molecular complexity index is 828. The van der Waals surface area contributed by atoms with Gasteiger partial charge in [-0.15, -0.1) is 0 Å². The average Bonchev–Trinajstić information content (AvgIpc) is 2.91. The third-order valence-corrected chi connectivity index (χ3v) is 6.81. The van der Waals surface area contributed by atoms with Crippen molar-refractivity contribution in [2.75, 3.05) is 44.2 Å². The fourth-order valence-electron chi connectivity index (χ4n) is 4.71. The van der Waals surface area contributed by atoms with Crippen LogP contribution in [-0.4, -0.2) is 65.1 Å². The summed E-state index contributed by atoms with van der Waals surface area (Å²) in [6.07, 6.45) is 8.14. The standard InChI is InChI=1S/C23H30FN5/c24-20-6-4-18(5-7-20)17-27-10-8-19-16-25-23(26-22(19)9-11-27)29-14-12-28(13-15-29)21-2-1-3-21/h4-7,16,21H,1-3,8-15,17H2. The minimum absolute atomic E-state index is 0.173. The number of nitrogens with zero attached hydrogens (tertiary/aromatic N) is 5. The Kier molecular flexibility index (Phi) is 5.46. The van der Waals surface area contributed by atoms with E-state index in [4.69, 9.17) is 9.97 Å². The predicted octanol–water partition coefficient (Wildman–Crippen LogP) is 2.89. The van der Waals surface area contributed by atoms with E-state index in [1.807, 2.05) is 12.1 Å². The first kappa shape index (κ1) is 18.9. The molecule has 5 rings (SSSR count). The van der Waals surface area contributed by atoms with Crippen molar-refractivity contribution >= 4 is 5.95 Å². The molecule has 154 valence electrons. The molecule has 1 aromatic heterocycles. The SMILES string of the molecule is Fc1ccc(CN2CCc3cnc(N4CCN(C5CCC5)CC4)nc3CC2)cc1. The highest BCUT2D eigenvalue weighted by molar-refractivity contribution is 5.35. The predicted molar refractivity (Wildman–Crippen MR) is 113 cm³/mol. The highest BCUT2D eigenvalue weighted by Gasteiger charge is 2.29. The number of hydrogen-bond acceptors (Lipinski definition) is 5. The fourth-order valence-corrected chi connectivity index (χ4v) is 4.71. The van der Waals surface area contributed by atoms with Crippen LogP contribution in [0.1, 0.15) is 36.1 Å². The summed E-state index contributed by atoms with van der Waals surface area (Å²) >= 11 is 0. The van der Waals surface area contributed by atoms with Gasteiger partial charge in [-0.2, -0.15) is 0 Å². The lowest BCUT2D eigenvalue weighted by molar-refractivity contribution is 0.120. The minimum Gasteiger partial charge on any atom is -0.338 e. The maximum Gasteiger partial charge on any atom is 0.225 e. The molecule has 0 spiro atoms. The van der Waals surface area contributed by atoms with Gasteiger partial charge in [-0.25, -0.2) is 14.4 Å². The molecule has 1 saturated heterocycles. The summed E-state index contributed by atoms with van der Waals surface area (Å²) in [6, 6.07) is 7.69. The summed E-state index contributed by atoms with van der Waals surface area (Å²) in [5, 5.41) is 0. The molecular formula is C23H30FN5. The van der Waals surface area contributed by atoms with Crippen molar-refractivity contribution < 1.29 is 4.39 Å². The summed E-state index contributed by atoms with van der Waals surface area (Å²) in [4.78, 5) is 17.1. The molecule has 2 aromatic rings. The third-order valence-electron chi connectivity index (χ3n) is 6.81. The average molecular weight is 396 g/mol. The normalized spacial score (nSPS) is 21.5. The zero-order valence-electron chi connectivity index (χ0n) is 17.1. The summed E-state index contributed by atoms with van der Waals surface area (Å²) in [5.41, 5.74) is 3.65. The van der Waals surface area contributed by atoms with E-state index in [1.54, 1.807) is 12.1 Å². The maximum absolute atomic E-state index is 13.1. The van der Waals surface area contributed by atoms with E-state index in [9.17, 15) is 4.39 Å². The molecule has 2 aliphatic heterocycles. The molecule has 0 N–H and O–H groups in total. The summed E-state index contributed by atoms with van der Waals surface area (Å²) in [5.74, 6) is 0.734. The minimum atomic E-state index is -0.173. The van der Waals surface area contributed by atoms with Crippen molar-refractivity contribution in [2.45, 2.75) is 44.7 Å². The van der Waals surface area contributed by atoms with Crippen LogP contribution in [-0.2, 0) is 19.4 Å². The van der Waals surface area contributed by atoms with Crippen LogP contribution in [0.25, 0.3) is 0 Å². The van der Waals surface area contributed by atoms with Gasteiger partial charge >= 0.3 is 0 Å². The Morgan fingerprint density at radius 1 is 0.931 bits per heavy atom. The van der Waals surface area contributed by atoms with Gasteiger partial charge in [0, 0.05) is 64.5 Å². The molecule has 29 heavy (non-hydrogen) atoms. The third kappa shape index (κ3) is 4.28. The van der Waals surface area contributed by atoms with E-state index < -0.39 is 0 Å². The zero-order valence-corrected chi connectivity index (χ0v) is 17.1. The van der Waals surface area contributed by atoms with Crippen molar-refractivity contribution in [3.8, 4) is 0 Å². The molecule has 0 unspecified atom stereocenters. The highest BCUT2D eigenvalue weighted by Crippen LogP contribution is 2.26.